The fourth-order valence-electron chi connectivity index (χ4n) is 4.49. The van der Waals surface area contributed by atoms with Crippen LogP contribution < -0.4 is 20.7 Å². The number of hydrogen-bond donors (Lipinski definition) is 1. The lowest BCUT2D eigenvalue weighted by atomic mass is 10.1. The molecule has 1 aliphatic heterocycles. The third kappa shape index (κ3) is 3.14. The number of nitrogens with zero attached hydrogens (tertiary/aromatic N) is 4. The zero-order valence-corrected chi connectivity index (χ0v) is 18.4. The Balaban J connectivity index is 1.70. The SMILES string of the molecule is Cc1ccc(C)c(Cn2c(=O)c3c([nH]c4[n+]3CCCN4c3ccc(F)cc3)n(C)c2=O)c1. The van der Waals surface area contributed by atoms with E-state index in [-0.39, 0.29) is 23.6 Å². The van der Waals surface area contributed by atoms with E-state index >= 15 is 0 Å². The van der Waals surface area contributed by atoms with Gasteiger partial charge in [0, 0.05) is 13.5 Å². The number of aromatic amines is 1. The summed E-state index contributed by atoms with van der Waals surface area (Å²) in [6.45, 7) is 5.58. The molecule has 0 saturated heterocycles. The monoisotopic (exact) mass is 434 g/mol. The minimum Gasteiger partial charge on any atom is -0.267 e. The maximum atomic E-state index is 13.6. The molecule has 0 amide bonds. The molecule has 7 nitrogen and oxygen atoms in total. The molecule has 0 spiro atoms. The van der Waals surface area contributed by atoms with Gasteiger partial charge in [0.2, 0.25) is 11.2 Å². The van der Waals surface area contributed by atoms with Gasteiger partial charge in [0.1, 0.15) is 11.5 Å². The van der Waals surface area contributed by atoms with Crippen molar-refractivity contribution in [2.24, 2.45) is 7.05 Å². The first-order valence-electron chi connectivity index (χ1n) is 10.7. The van der Waals surface area contributed by atoms with Crippen molar-refractivity contribution in [2.75, 3.05) is 11.4 Å². The Morgan fingerprint density at radius 3 is 2.59 bits per heavy atom. The van der Waals surface area contributed by atoms with Crippen LogP contribution in [0.25, 0.3) is 11.2 Å². The van der Waals surface area contributed by atoms with Crippen molar-refractivity contribution in [3.05, 3.63) is 85.8 Å². The van der Waals surface area contributed by atoms with Crippen molar-refractivity contribution in [3.8, 4) is 0 Å². The van der Waals surface area contributed by atoms with Crippen LogP contribution in [-0.2, 0) is 20.1 Å². The Morgan fingerprint density at radius 1 is 1.09 bits per heavy atom. The van der Waals surface area contributed by atoms with Crippen molar-refractivity contribution >= 4 is 22.8 Å². The van der Waals surface area contributed by atoms with Crippen LogP contribution in [0.1, 0.15) is 23.1 Å². The summed E-state index contributed by atoms with van der Waals surface area (Å²) >= 11 is 0. The van der Waals surface area contributed by atoms with E-state index < -0.39 is 0 Å². The number of H-pyrrole nitrogens is 1. The lowest BCUT2D eigenvalue weighted by molar-refractivity contribution is -0.663. The van der Waals surface area contributed by atoms with E-state index in [0.29, 0.717) is 17.7 Å². The fraction of sp³-hybridized carbons (Fsp3) is 0.292. The third-order valence-electron chi connectivity index (χ3n) is 6.27. The number of imidazole rings is 1. The number of aryl methyl sites for hydroxylation is 4. The van der Waals surface area contributed by atoms with E-state index in [1.54, 1.807) is 19.2 Å². The summed E-state index contributed by atoms with van der Waals surface area (Å²) in [5.41, 5.74) is 4.18. The standard InChI is InChI=1S/C24H24FN5O2/c1-15-5-6-16(2)17(13-15)14-30-22(31)20-21(27(3)24(30)32)26-23-28(11-4-12-29(20)23)19-9-7-18(25)8-10-19/h5-10,13H,4,11-12,14H2,1-3H3/p+1. The van der Waals surface area contributed by atoms with Gasteiger partial charge in [-0.1, -0.05) is 23.8 Å². The van der Waals surface area contributed by atoms with Gasteiger partial charge in [-0.15, -0.1) is 0 Å². The Morgan fingerprint density at radius 2 is 1.84 bits per heavy atom. The van der Waals surface area contributed by atoms with E-state index in [4.69, 9.17) is 0 Å². The van der Waals surface area contributed by atoms with Crippen molar-refractivity contribution in [1.82, 2.24) is 14.1 Å². The smallest absolute Gasteiger partial charge is 0.267 e. The molecule has 0 unspecified atom stereocenters. The average Bonchev–Trinajstić information content (AvgIpc) is 3.18. The Hall–Kier alpha value is -3.68. The fourth-order valence-corrected chi connectivity index (χ4v) is 4.49. The summed E-state index contributed by atoms with van der Waals surface area (Å²) in [6, 6.07) is 12.3. The van der Waals surface area contributed by atoms with E-state index in [9.17, 15) is 14.0 Å². The molecule has 3 heterocycles. The molecule has 1 aliphatic rings. The average molecular weight is 434 g/mol. The van der Waals surface area contributed by atoms with Crippen LogP contribution >= 0.6 is 0 Å². The molecule has 164 valence electrons. The molecule has 0 saturated carbocycles. The highest BCUT2D eigenvalue weighted by atomic mass is 19.1. The molecule has 0 bridgehead atoms. The zero-order valence-electron chi connectivity index (χ0n) is 18.4. The molecule has 0 atom stereocenters. The lowest BCUT2D eigenvalue weighted by Gasteiger charge is -2.22. The number of nitrogens with one attached hydrogen (secondary N) is 1. The number of anilines is 2. The third-order valence-corrected chi connectivity index (χ3v) is 6.27. The number of aromatic nitrogens is 4. The molecular weight excluding hydrogens is 409 g/mol. The predicted octanol–water partition coefficient (Wildman–Crippen LogP) is 2.66. The largest absolute Gasteiger partial charge is 0.364 e. The summed E-state index contributed by atoms with van der Waals surface area (Å²) in [6.07, 6.45) is 0.821. The summed E-state index contributed by atoms with van der Waals surface area (Å²) in [5, 5.41) is 0. The molecule has 4 aromatic rings. The summed E-state index contributed by atoms with van der Waals surface area (Å²) in [7, 11) is 1.68. The topological polar surface area (TPSA) is 66.9 Å². The summed E-state index contributed by atoms with van der Waals surface area (Å²) < 4.78 is 18.2. The molecule has 8 heteroatoms. The van der Waals surface area contributed by atoms with Crippen LogP contribution in [0.5, 0.6) is 0 Å². The molecule has 32 heavy (non-hydrogen) atoms. The number of hydrogen-bond acceptors (Lipinski definition) is 3. The number of halogens is 1. The normalized spacial score (nSPS) is 13.6. The first-order chi connectivity index (χ1) is 15.3. The van der Waals surface area contributed by atoms with Crippen LogP contribution in [0, 0.1) is 19.7 Å². The maximum Gasteiger partial charge on any atom is 0.364 e. The van der Waals surface area contributed by atoms with Crippen molar-refractivity contribution in [3.63, 3.8) is 0 Å². The zero-order chi connectivity index (χ0) is 22.6. The summed E-state index contributed by atoms with van der Waals surface area (Å²) in [4.78, 5) is 32.0. The molecule has 0 radical (unpaired) electrons. The van der Waals surface area contributed by atoms with Gasteiger partial charge in [-0.3, -0.25) is 13.9 Å². The molecule has 2 aromatic heterocycles. The molecule has 0 aliphatic carbocycles. The quantitative estimate of drug-likeness (QED) is 0.504. The van der Waals surface area contributed by atoms with Crippen LogP contribution in [0.15, 0.2) is 52.1 Å². The highest BCUT2D eigenvalue weighted by molar-refractivity contribution is 5.70. The van der Waals surface area contributed by atoms with Crippen LogP contribution in [-0.4, -0.2) is 20.7 Å². The molecular formula is C24H25FN5O2+. The minimum absolute atomic E-state index is 0.219. The van der Waals surface area contributed by atoms with Gasteiger partial charge in [-0.25, -0.2) is 23.6 Å². The molecule has 5 rings (SSSR count). The molecule has 2 aromatic carbocycles. The Labute approximate surface area is 184 Å². The van der Waals surface area contributed by atoms with Crippen LogP contribution in [0.4, 0.5) is 16.0 Å². The Bertz CT molecular complexity index is 1460. The van der Waals surface area contributed by atoms with Gasteiger partial charge in [-0.2, -0.15) is 0 Å². The van der Waals surface area contributed by atoms with Crippen LogP contribution in [0.2, 0.25) is 0 Å². The summed E-state index contributed by atoms with van der Waals surface area (Å²) in [5.74, 6) is 0.418. The van der Waals surface area contributed by atoms with Crippen molar-refractivity contribution in [1.29, 1.82) is 0 Å². The highest BCUT2D eigenvalue weighted by Crippen LogP contribution is 2.26. The van der Waals surface area contributed by atoms with E-state index in [1.807, 2.05) is 41.5 Å². The van der Waals surface area contributed by atoms with Gasteiger partial charge >= 0.3 is 11.6 Å². The van der Waals surface area contributed by atoms with Crippen molar-refractivity contribution < 1.29 is 8.96 Å². The van der Waals surface area contributed by atoms with Gasteiger partial charge < -0.3 is 0 Å². The van der Waals surface area contributed by atoms with E-state index in [2.05, 4.69) is 4.98 Å². The van der Waals surface area contributed by atoms with Gasteiger partial charge in [0.15, 0.2) is 0 Å². The van der Waals surface area contributed by atoms with Crippen LogP contribution in [0.3, 0.4) is 0 Å². The maximum absolute atomic E-state index is 13.6. The second-order valence-corrected chi connectivity index (χ2v) is 8.44. The number of rotatable bonds is 3. The lowest BCUT2D eigenvalue weighted by Crippen LogP contribution is -2.49. The second-order valence-electron chi connectivity index (χ2n) is 8.44. The minimum atomic E-state index is -0.365. The van der Waals surface area contributed by atoms with E-state index in [1.165, 1.54) is 21.3 Å². The molecule has 0 fully saturated rings. The number of benzene rings is 2. The number of fused-ring (bicyclic) bond motifs is 3. The van der Waals surface area contributed by atoms with Gasteiger partial charge in [0.05, 0.1) is 19.6 Å². The van der Waals surface area contributed by atoms with E-state index in [0.717, 1.165) is 41.3 Å². The first kappa shape index (κ1) is 20.2. The van der Waals surface area contributed by atoms with Gasteiger partial charge in [-0.05, 0) is 49.2 Å². The molecule has 1 N–H and O–H groups in total. The van der Waals surface area contributed by atoms with Crippen molar-refractivity contribution in [2.45, 2.75) is 33.4 Å². The van der Waals surface area contributed by atoms with Gasteiger partial charge in [0.25, 0.3) is 5.56 Å². The highest BCUT2D eigenvalue weighted by Gasteiger charge is 2.33. The predicted molar refractivity (Wildman–Crippen MR) is 121 cm³/mol. The second kappa shape index (κ2) is 7.47. The first-order valence-corrected chi connectivity index (χ1v) is 10.7. The Kier molecular flexibility index (Phi) is 4.73.